The van der Waals surface area contributed by atoms with Gasteiger partial charge in [0.1, 0.15) is 0 Å². The summed E-state index contributed by atoms with van der Waals surface area (Å²) < 4.78 is 28.5. The number of hydrogen-bond acceptors (Lipinski definition) is 6. The number of fused-ring (bicyclic) bond motifs is 2. The van der Waals surface area contributed by atoms with E-state index in [2.05, 4.69) is 5.32 Å². The molecule has 0 bridgehead atoms. The van der Waals surface area contributed by atoms with E-state index in [1.807, 2.05) is 42.5 Å². The quantitative estimate of drug-likeness (QED) is 0.529. The Hall–Kier alpha value is -2.16. The molecule has 6 nitrogen and oxygen atoms in total. The monoisotopic (exact) mass is 431 g/mol. The van der Waals surface area contributed by atoms with Crippen LogP contribution < -0.4 is 13.7 Å². The summed E-state index contributed by atoms with van der Waals surface area (Å²) in [5, 5.41) is 25.1. The van der Waals surface area contributed by atoms with Crippen molar-refractivity contribution in [1.29, 1.82) is 0 Å². The molecule has 3 aromatic carbocycles. The van der Waals surface area contributed by atoms with Gasteiger partial charge in [0.25, 0.3) is 0 Å². The molecule has 0 saturated heterocycles. The highest BCUT2D eigenvalue weighted by molar-refractivity contribution is 5.83. The van der Waals surface area contributed by atoms with Gasteiger partial charge in [-0.1, -0.05) is 42.5 Å². The number of benzene rings is 3. The molecule has 1 aliphatic heterocycles. The summed E-state index contributed by atoms with van der Waals surface area (Å²) in [6.07, 6.45) is 0.848. The largest absolute Gasteiger partial charge is 0.504 e. The summed E-state index contributed by atoms with van der Waals surface area (Å²) >= 11 is -3.55. The van der Waals surface area contributed by atoms with Crippen molar-refractivity contribution in [2.45, 2.75) is 18.6 Å². The Morgan fingerprint density at radius 1 is 1.00 bits per heavy atom. The second-order valence-corrected chi connectivity index (χ2v) is 7.74. The first-order valence-electron chi connectivity index (χ1n) is 8.50. The van der Waals surface area contributed by atoms with Gasteiger partial charge in [0.15, 0.2) is 11.5 Å². The Morgan fingerprint density at radius 3 is 2.52 bits per heavy atom. The maximum atomic E-state index is 11.5. The van der Waals surface area contributed by atoms with Crippen molar-refractivity contribution in [2.75, 3.05) is 6.54 Å². The lowest BCUT2D eigenvalue weighted by Gasteiger charge is -2.34. The van der Waals surface area contributed by atoms with Gasteiger partial charge in [0, 0.05) is 22.4 Å². The van der Waals surface area contributed by atoms with Crippen LogP contribution in [0.4, 0.5) is 0 Å². The summed E-state index contributed by atoms with van der Waals surface area (Å²) in [6, 6.07) is 16.7. The van der Waals surface area contributed by atoms with Crippen molar-refractivity contribution in [3.63, 3.8) is 0 Å². The number of phenols is 2. The Morgan fingerprint density at radius 2 is 1.74 bits per heavy atom. The van der Waals surface area contributed by atoms with E-state index >= 15 is 0 Å². The van der Waals surface area contributed by atoms with Crippen LogP contribution in [0.5, 0.6) is 11.5 Å². The average molecular weight is 432 g/mol. The lowest BCUT2D eigenvalue weighted by atomic mass is 9.86. The van der Waals surface area contributed by atoms with Gasteiger partial charge in [-0.25, -0.2) is 0 Å². The van der Waals surface area contributed by atoms with Crippen molar-refractivity contribution >= 4 is 10.8 Å². The van der Waals surface area contributed by atoms with Crippen molar-refractivity contribution < 1.29 is 37.3 Å². The van der Waals surface area contributed by atoms with E-state index in [0.717, 1.165) is 21.9 Å². The van der Waals surface area contributed by atoms with Gasteiger partial charge in [-0.2, -0.15) is 0 Å². The number of hydrogen-bond donors (Lipinski definition) is 3. The van der Waals surface area contributed by atoms with Gasteiger partial charge in [0.05, 0.1) is 0 Å². The zero-order valence-corrected chi connectivity index (χ0v) is 15.9. The molecular formula is C20H18BrNO5. The summed E-state index contributed by atoms with van der Waals surface area (Å²) in [4.78, 5) is 0. The van der Waals surface area contributed by atoms with Crippen molar-refractivity contribution in [3.8, 4) is 11.5 Å². The van der Waals surface area contributed by atoms with Crippen LogP contribution in [0.3, 0.4) is 0 Å². The lowest BCUT2D eigenvalue weighted by Crippen LogP contribution is -2.55. The number of halogens is 1. The minimum absolute atomic E-state index is 0.231. The summed E-state index contributed by atoms with van der Waals surface area (Å²) in [7, 11) is 0. The van der Waals surface area contributed by atoms with Crippen LogP contribution in [0.15, 0.2) is 54.6 Å². The number of phenolic OH excluding ortho intramolecular Hbond substituents is 2. The first-order valence-corrected chi connectivity index (χ1v) is 10.4. The molecule has 3 N–H and O–H groups in total. The van der Waals surface area contributed by atoms with E-state index in [4.69, 9.17) is 3.83 Å². The third kappa shape index (κ3) is 3.52. The maximum absolute atomic E-state index is 11.5. The average Bonchev–Trinajstić information content (AvgIpc) is 2.63. The molecule has 1 aliphatic rings. The molecule has 0 spiro atoms. The first-order chi connectivity index (χ1) is 13.0. The number of nitrogens with one attached hydrogen (secondary N) is 1. The van der Waals surface area contributed by atoms with Gasteiger partial charge >= 0.3 is 14.8 Å². The van der Waals surface area contributed by atoms with Gasteiger partial charge in [-0.3, -0.25) is 5.32 Å². The van der Waals surface area contributed by atoms with Gasteiger partial charge in [-0.05, 0) is 40.5 Å². The van der Waals surface area contributed by atoms with E-state index in [1.165, 1.54) is 12.1 Å². The maximum Gasteiger partial charge on any atom is 0.439 e. The topological polar surface area (TPSA) is 108 Å². The van der Waals surface area contributed by atoms with Crippen molar-refractivity contribution in [2.24, 2.45) is 0 Å². The molecule has 4 rings (SSSR count). The van der Waals surface area contributed by atoms with E-state index in [-0.39, 0.29) is 17.9 Å². The number of rotatable bonds is 4. The molecule has 0 fully saturated rings. The molecule has 3 aromatic rings. The predicted molar refractivity (Wildman–Crippen MR) is 91.9 cm³/mol. The van der Waals surface area contributed by atoms with Crippen LogP contribution in [0.1, 0.15) is 16.7 Å². The van der Waals surface area contributed by atoms with Gasteiger partial charge < -0.3 is 18.6 Å². The van der Waals surface area contributed by atoms with Gasteiger partial charge in [-0.15, -0.1) is 0 Å². The molecule has 7 heteroatoms. The summed E-state index contributed by atoms with van der Waals surface area (Å²) in [6.45, 7) is 0.486. The van der Waals surface area contributed by atoms with Crippen LogP contribution in [0, 0.1) is 14.8 Å². The zero-order valence-electron chi connectivity index (χ0n) is 14.3. The van der Waals surface area contributed by atoms with E-state index < -0.39 is 20.5 Å². The minimum Gasteiger partial charge on any atom is -0.504 e. The first kappa shape index (κ1) is 18.2. The molecule has 0 unspecified atom stereocenters. The van der Waals surface area contributed by atoms with E-state index in [0.29, 0.717) is 18.5 Å². The summed E-state index contributed by atoms with van der Waals surface area (Å²) in [5.74, 6) is -0.542. The molecule has 0 radical (unpaired) electrons. The zero-order chi connectivity index (χ0) is 19.0. The molecule has 0 aromatic heterocycles. The van der Waals surface area contributed by atoms with Gasteiger partial charge in [0.2, 0.25) is 5.72 Å². The molecule has 0 saturated carbocycles. The SMILES string of the molecule is [O-][Br+2]([O-])O[C@@]1(Cc2ccc3ccccc3c2)NCCc2cc(O)c(O)cc21. The number of aromatic hydroxyl groups is 2. The Labute approximate surface area is 161 Å². The minimum atomic E-state index is -3.55. The summed E-state index contributed by atoms with van der Waals surface area (Å²) in [5.41, 5.74) is 0.839. The van der Waals surface area contributed by atoms with Crippen LogP contribution in [0.25, 0.3) is 10.8 Å². The Balaban J connectivity index is 1.81. The fourth-order valence-electron chi connectivity index (χ4n) is 3.69. The second kappa shape index (κ2) is 7.10. The van der Waals surface area contributed by atoms with Crippen LogP contribution in [-0.2, 0) is 22.4 Å². The highest BCUT2D eigenvalue weighted by Crippen LogP contribution is 2.39. The lowest BCUT2D eigenvalue weighted by molar-refractivity contribution is -1.63. The Kier molecular flexibility index (Phi) is 4.79. The molecule has 0 amide bonds. The molecule has 140 valence electrons. The molecule has 1 heterocycles. The highest BCUT2D eigenvalue weighted by Gasteiger charge is 2.47. The van der Waals surface area contributed by atoms with Crippen LogP contribution in [-0.4, -0.2) is 16.8 Å². The normalized spacial score (nSPS) is 19.4. The van der Waals surface area contributed by atoms with E-state index in [9.17, 15) is 18.6 Å². The molecule has 0 aliphatic carbocycles. The highest BCUT2D eigenvalue weighted by atomic mass is 80.0. The van der Waals surface area contributed by atoms with Crippen LogP contribution >= 0.6 is 0 Å². The predicted octanol–water partition coefficient (Wildman–Crippen LogP) is 0.895. The van der Waals surface area contributed by atoms with Crippen molar-refractivity contribution in [3.05, 3.63) is 71.3 Å². The molecular weight excluding hydrogens is 414 g/mol. The molecule has 1 atom stereocenters. The fourth-order valence-corrected chi connectivity index (χ4v) is 4.55. The standard InChI is InChI=1S/C20H18BrNO5/c23-18-10-16-7-8-22-20(27-21(25)26,17(16)11-19(18)24)12-13-5-6-14-3-1-2-4-15(14)9-13/h1-6,9-11,22-24H,7-8,12H2/t20-/m1/s1. The third-order valence-electron chi connectivity index (χ3n) is 4.90. The van der Waals surface area contributed by atoms with Crippen LogP contribution in [0.2, 0.25) is 0 Å². The third-order valence-corrected chi connectivity index (χ3v) is 5.72. The van der Waals surface area contributed by atoms with Crippen molar-refractivity contribution in [1.82, 2.24) is 5.32 Å². The van der Waals surface area contributed by atoms with E-state index in [1.54, 1.807) is 0 Å². The molecule has 27 heavy (non-hydrogen) atoms. The fraction of sp³-hybridized carbons (Fsp3) is 0.200. The Bertz CT molecular complexity index is 993. The second-order valence-electron chi connectivity index (χ2n) is 6.63. The smallest absolute Gasteiger partial charge is 0.439 e.